The van der Waals surface area contributed by atoms with Gasteiger partial charge in [0.1, 0.15) is 29.7 Å². The molecule has 3 aliphatic rings. The standard InChI is InChI=1S/C36H65NO13/c1-13-24-36(10,44)29(40)19(4)26(38)17(2)15-34(8,43)31(50-33-27(39)23(37-11)14-18(3)46-33)20(5)28(21(6)32(42)48-24)49-25-16-35(9,45-12)30(41)22(7)47-25/h17-25,27-31,33,37,39-41,43-44H,13-16H2,1-12H3/t17-,18+,19+,20+,21-,22+,23-,24-,25+,27+,28+,29-,30+,31-,33-,34-,35-,36-/m1/s1. The van der Waals surface area contributed by atoms with E-state index in [0.717, 1.165) is 0 Å². The molecule has 0 bridgehead atoms. The van der Waals surface area contributed by atoms with Gasteiger partial charge in [-0.25, -0.2) is 0 Å². The van der Waals surface area contributed by atoms with Crippen LogP contribution in [0.4, 0.5) is 0 Å². The van der Waals surface area contributed by atoms with Crippen molar-refractivity contribution in [3.05, 3.63) is 0 Å². The number of hydrogen-bond donors (Lipinski definition) is 6. The molecule has 3 saturated heterocycles. The van der Waals surface area contributed by atoms with Crippen molar-refractivity contribution in [1.29, 1.82) is 0 Å². The summed E-state index contributed by atoms with van der Waals surface area (Å²) < 4.78 is 36.9. The Morgan fingerprint density at radius 1 is 0.900 bits per heavy atom. The Morgan fingerprint density at radius 3 is 2.08 bits per heavy atom. The van der Waals surface area contributed by atoms with Crippen LogP contribution in [0.3, 0.4) is 0 Å². The summed E-state index contributed by atoms with van der Waals surface area (Å²) in [6, 6.07) is -0.375. The van der Waals surface area contributed by atoms with E-state index in [1.54, 1.807) is 48.6 Å². The summed E-state index contributed by atoms with van der Waals surface area (Å²) in [7, 11) is 3.20. The van der Waals surface area contributed by atoms with Gasteiger partial charge in [-0.05, 0) is 67.9 Å². The fourth-order valence-electron chi connectivity index (χ4n) is 8.21. The van der Waals surface area contributed by atoms with Gasteiger partial charge in [0.25, 0.3) is 0 Å². The van der Waals surface area contributed by atoms with Crippen LogP contribution in [-0.2, 0) is 38.0 Å². The van der Waals surface area contributed by atoms with Gasteiger partial charge in [-0.2, -0.15) is 0 Å². The van der Waals surface area contributed by atoms with Gasteiger partial charge in [0.05, 0.1) is 47.6 Å². The zero-order valence-electron chi connectivity index (χ0n) is 32.0. The van der Waals surface area contributed by atoms with E-state index in [0.29, 0.717) is 6.42 Å². The molecule has 6 N–H and O–H groups in total. The molecule has 292 valence electrons. The average Bonchev–Trinajstić information content (AvgIpc) is 3.05. The molecule has 50 heavy (non-hydrogen) atoms. The van der Waals surface area contributed by atoms with Gasteiger partial charge in [-0.1, -0.05) is 27.7 Å². The Balaban J connectivity index is 2.17. The van der Waals surface area contributed by atoms with Gasteiger partial charge < -0.3 is 59.3 Å². The largest absolute Gasteiger partial charge is 0.459 e. The summed E-state index contributed by atoms with van der Waals surface area (Å²) in [6.07, 6.45) is -9.76. The van der Waals surface area contributed by atoms with Gasteiger partial charge in [0.2, 0.25) is 0 Å². The van der Waals surface area contributed by atoms with Crippen LogP contribution in [0.1, 0.15) is 94.9 Å². The number of ketones is 1. The van der Waals surface area contributed by atoms with Crippen molar-refractivity contribution in [2.45, 2.75) is 179 Å². The number of carbonyl (C=O) groups excluding carboxylic acids is 2. The first kappa shape index (κ1) is 43.1. The topological polar surface area (TPSA) is 203 Å². The summed E-state index contributed by atoms with van der Waals surface area (Å²) in [5.74, 6) is -4.98. The highest BCUT2D eigenvalue weighted by molar-refractivity contribution is 5.83. The molecule has 0 aromatic rings. The minimum atomic E-state index is -1.99. The summed E-state index contributed by atoms with van der Waals surface area (Å²) in [6.45, 7) is 16.3. The Labute approximate surface area is 297 Å². The van der Waals surface area contributed by atoms with E-state index in [-0.39, 0.29) is 31.4 Å². The van der Waals surface area contributed by atoms with E-state index in [1.165, 1.54) is 27.9 Å². The molecular weight excluding hydrogens is 654 g/mol. The third-order valence-corrected chi connectivity index (χ3v) is 11.6. The molecule has 0 spiro atoms. The lowest BCUT2D eigenvalue weighted by atomic mass is 9.74. The van der Waals surface area contributed by atoms with Gasteiger partial charge >= 0.3 is 5.97 Å². The molecule has 18 atom stereocenters. The second-order valence-electron chi connectivity index (χ2n) is 15.8. The fourth-order valence-corrected chi connectivity index (χ4v) is 8.21. The highest BCUT2D eigenvalue weighted by Crippen LogP contribution is 2.40. The zero-order valence-corrected chi connectivity index (χ0v) is 32.0. The first-order valence-corrected chi connectivity index (χ1v) is 18.1. The van der Waals surface area contributed by atoms with Crippen LogP contribution in [0.5, 0.6) is 0 Å². The van der Waals surface area contributed by atoms with Crippen molar-refractivity contribution in [3.63, 3.8) is 0 Å². The smallest absolute Gasteiger partial charge is 0.311 e. The molecule has 0 unspecified atom stereocenters. The van der Waals surface area contributed by atoms with Crippen LogP contribution < -0.4 is 5.32 Å². The number of esters is 1. The van der Waals surface area contributed by atoms with Gasteiger partial charge in [0.15, 0.2) is 12.6 Å². The van der Waals surface area contributed by atoms with Crippen LogP contribution in [0, 0.1) is 23.7 Å². The monoisotopic (exact) mass is 719 g/mol. The van der Waals surface area contributed by atoms with Crippen molar-refractivity contribution in [2.75, 3.05) is 14.2 Å². The van der Waals surface area contributed by atoms with E-state index >= 15 is 0 Å². The molecule has 0 aromatic carbocycles. The fraction of sp³-hybridized carbons (Fsp3) is 0.944. The molecular formula is C36H65NO13. The van der Waals surface area contributed by atoms with Crippen LogP contribution in [-0.4, -0.2) is 136 Å². The minimum Gasteiger partial charge on any atom is -0.459 e. The summed E-state index contributed by atoms with van der Waals surface area (Å²) in [4.78, 5) is 27.8. The Kier molecular flexibility index (Phi) is 14.5. The SMILES string of the molecule is CC[C@H]1OC(=O)[C@H](C)[C@@H](O[C@H]2C[C@@](C)(OC)[C@@H](O)[C@H](C)O2)[C@H](C)[C@@H](O[C@H]2O[C@@H](C)C[C@@H](NC)[C@@H]2O)[C@](C)(O)C[C@@H](C)C(=O)[C@H](C)[C@@H](O)[C@]1(C)O. The number of carbonyl (C=O) groups is 2. The molecule has 14 heteroatoms. The molecule has 0 amide bonds. The number of aliphatic hydroxyl groups excluding tert-OH is 3. The number of ether oxygens (including phenoxy) is 6. The second kappa shape index (κ2) is 16.8. The lowest BCUT2D eigenvalue weighted by Crippen LogP contribution is -2.61. The second-order valence-corrected chi connectivity index (χ2v) is 15.8. The maximum absolute atomic E-state index is 14.0. The number of nitrogens with one attached hydrogen (secondary N) is 1. The predicted molar refractivity (Wildman–Crippen MR) is 182 cm³/mol. The van der Waals surface area contributed by atoms with Gasteiger partial charge in [0, 0.05) is 37.3 Å². The Bertz CT molecular complexity index is 1140. The lowest BCUT2D eigenvalue weighted by molar-refractivity contribution is -0.316. The molecule has 0 saturated carbocycles. The van der Waals surface area contributed by atoms with E-state index in [2.05, 4.69) is 5.32 Å². The van der Waals surface area contributed by atoms with Crippen LogP contribution >= 0.6 is 0 Å². The maximum Gasteiger partial charge on any atom is 0.311 e. The van der Waals surface area contributed by atoms with Crippen molar-refractivity contribution in [2.24, 2.45) is 23.7 Å². The highest BCUT2D eigenvalue weighted by Gasteiger charge is 2.53. The molecule has 0 aliphatic carbocycles. The number of rotatable bonds is 7. The van der Waals surface area contributed by atoms with E-state index in [1.807, 2.05) is 6.92 Å². The van der Waals surface area contributed by atoms with Crippen LogP contribution in [0.25, 0.3) is 0 Å². The number of aliphatic hydroxyl groups is 5. The molecule has 3 aliphatic heterocycles. The minimum absolute atomic E-state index is 0.0929. The van der Waals surface area contributed by atoms with Gasteiger partial charge in [-0.3, -0.25) is 9.59 Å². The maximum atomic E-state index is 14.0. The first-order chi connectivity index (χ1) is 23.1. The number of cyclic esters (lactones) is 1. The number of hydrogen-bond acceptors (Lipinski definition) is 14. The third-order valence-electron chi connectivity index (χ3n) is 11.6. The Hall–Kier alpha value is -1.30. The molecule has 14 nitrogen and oxygen atoms in total. The normalized spacial score (nSPS) is 50.4. The van der Waals surface area contributed by atoms with Crippen molar-refractivity contribution in [3.8, 4) is 0 Å². The Morgan fingerprint density at radius 2 is 1.52 bits per heavy atom. The molecule has 3 fully saturated rings. The van der Waals surface area contributed by atoms with E-state index in [4.69, 9.17) is 28.4 Å². The van der Waals surface area contributed by atoms with Crippen LogP contribution in [0.2, 0.25) is 0 Å². The van der Waals surface area contributed by atoms with Gasteiger partial charge in [-0.15, -0.1) is 0 Å². The molecule has 0 radical (unpaired) electrons. The highest BCUT2D eigenvalue weighted by atomic mass is 16.7. The van der Waals surface area contributed by atoms with Crippen molar-refractivity contribution in [1.82, 2.24) is 5.32 Å². The molecule has 0 aromatic heterocycles. The summed E-state index contributed by atoms with van der Waals surface area (Å²) in [5.41, 5.74) is -4.84. The summed E-state index contributed by atoms with van der Waals surface area (Å²) >= 11 is 0. The lowest BCUT2D eigenvalue weighted by Gasteiger charge is -2.48. The van der Waals surface area contributed by atoms with Crippen molar-refractivity contribution < 1.29 is 63.5 Å². The quantitative estimate of drug-likeness (QED) is 0.206. The van der Waals surface area contributed by atoms with E-state index < -0.39 is 108 Å². The van der Waals surface area contributed by atoms with Crippen LogP contribution in [0.15, 0.2) is 0 Å². The third kappa shape index (κ3) is 9.07. The van der Waals surface area contributed by atoms with E-state index in [9.17, 15) is 35.1 Å². The number of Topliss-reactive ketones (excluding diaryl/α,β-unsaturated/α-hetero) is 1. The predicted octanol–water partition coefficient (Wildman–Crippen LogP) is 1.44. The zero-order chi connectivity index (χ0) is 38.1. The number of methoxy groups -OCH3 is 1. The first-order valence-electron chi connectivity index (χ1n) is 18.1. The average molecular weight is 720 g/mol. The summed E-state index contributed by atoms with van der Waals surface area (Å²) in [5, 5.41) is 60.4. The van der Waals surface area contributed by atoms with Crippen molar-refractivity contribution >= 4 is 11.8 Å². The number of likely N-dealkylation sites (N-methyl/N-ethyl adjacent to an activating group) is 1. The molecule has 3 rings (SSSR count). The molecule has 3 heterocycles.